The number of aromatic nitrogens is 4. The normalized spacial score (nSPS) is 12.1. The molecule has 0 amide bonds. The van der Waals surface area contributed by atoms with Crippen LogP contribution in [0, 0.1) is 25.7 Å². The Morgan fingerprint density at radius 2 is 1.94 bits per heavy atom. The molecule has 1 aromatic carbocycles. The Balaban J connectivity index is 1.54. The summed E-state index contributed by atoms with van der Waals surface area (Å²) < 4.78 is 2.08. The lowest BCUT2D eigenvalue weighted by Crippen LogP contribution is -2.07. The van der Waals surface area contributed by atoms with Crippen molar-refractivity contribution in [2.24, 2.45) is 4.99 Å². The van der Waals surface area contributed by atoms with E-state index in [1.807, 2.05) is 49.5 Å². The summed E-state index contributed by atoms with van der Waals surface area (Å²) >= 11 is 7.75. The second-order valence-corrected chi connectivity index (χ2v) is 9.70. The van der Waals surface area contributed by atoms with Gasteiger partial charge < -0.3 is 4.79 Å². The molecule has 0 N–H and O–H groups in total. The fraction of sp³-hybridized carbons (Fsp3) is 0.222. The van der Waals surface area contributed by atoms with Crippen LogP contribution in [0.3, 0.4) is 0 Å². The number of hydrogen-bond acceptors (Lipinski definition) is 6. The van der Waals surface area contributed by atoms with Crippen molar-refractivity contribution in [2.45, 2.75) is 39.7 Å². The van der Waals surface area contributed by atoms with Crippen molar-refractivity contribution in [3.05, 3.63) is 92.1 Å². The lowest BCUT2D eigenvalue weighted by molar-refractivity contribution is -0.107. The highest BCUT2D eigenvalue weighted by atomic mass is 35.5. The van der Waals surface area contributed by atoms with Crippen LogP contribution < -0.4 is 0 Å². The number of halogens is 1. The number of aldehydes is 1. The van der Waals surface area contributed by atoms with Crippen molar-refractivity contribution in [1.82, 2.24) is 19.7 Å². The van der Waals surface area contributed by atoms with Crippen molar-refractivity contribution in [3.63, 3.8) is 0 Å². The minimum atomic E-state index is 0.448. The standard InChI is InChI=1S/C27H22ClN5OS/c1-17-23(13-12-22-11-6-19(15-29-22)5-3-4-14-34)35-27-25(17)26(20-7-9-21(28)10-8-20)30-16-24-32-31-18(2)33(24)27/h6-11,14-15H,3-5,16H2,1-2H3. The third-order valence-electron chi connectivity index (χ3n) is 5.87. The Labute approximate surface area is 212 Å². The largest absolute Gasteiger partial charge is 0.303 e. The zero-order valence-electron chi connectivity index (χ0n) is 19.4. The van der Waals surface area contributed by atoms with Crippen LogP contribution in [0.1, 0.15) is 57.3 Å². The summed E-state index contributed by atoms with van der Waals surface area (Å²) in [7, 11) is 0. The van der Waals surface area contributed by atoms with Crippen LogP contribution in [0.25, 0.3) is 5.00 Å². The van der Waals surface area contributed by atoms with E-state index in [-0.39, 0.29) is 0 Å². The van der Waals surface area contributed by atoms with E-state index in [0.29, 0.717) is 23.7 Å². The molecule has 6 nitrogen and oxygen atoms in total. The van der Waals surface area contributed by atoms with Crippen LogP contribution in [0.2, 0.25) is 5.02 Å². The molecule has 0 radical (unpaired) electrons. The number of pyridine rings is 1. The van der Waals surface area contributed by atoms with E-state index in [2.05, 4.69) is 38.5 Å². The van der Waals surface area contributed by atoms with Crippen LogP contribution in [-0.4, -0.2) is 31.7 Å². The number of nitrogens with zero attached hydrogens (tertiary/aromatic N) is 5. The summed E-state index contributed by atoms with van der Waals surface area (Å²) in [6, 6.07) is 11.7. The van der Waals surface area contributed by atoms with Crippen molar-refractivity contribution in [1.29, 1.82) is 0 Å². The first-order valence-electron chi connectivity index (χ1n) is 11.3. The molecular weight excluding hydrogens is 478 g/mol. The van der Waals surface area contributed by atoms with Crippen LogP contribution in [0.4, 0.5) is 0 Å². The highest BCUT2D eigenvalue weighted by molar-refractivity contribution is 7.15. The van der Waals surface area contributed by atoms with Crippen LogP contribution in [-0.2, 0) is 17.8 Å². The number of carbonyl (C=O) groups is 1. The average molecular weight is 500 g/mol. The van der Waals surface area contributed by atoms with Gasteiger partial charge in [-0.25, -0.2) is 4.98 Å². The average Bonchev–Trinajstić information content (AvgIpc) is 3.33. The number of benzene rings is 1. The summed E-state index contributed by atoms with van der Waals surface area (Å²) in [5, 5.41) is 10.3. The van der Waals surface area contributed by atoms with Gasteiger partial charge in [-0.2, -0.15) is 0 Å². The maximum absolute atomic E-state index is 10.5. The van der Waals surface area contributed by atoms with Gasteiger partial charge in [0.25, 0.3) is 0 Å². The van der Waals surface area contributed by atoms with E-state index in [9.17, 15) is 4.79 Å². The third-order valence-corrected chi connectivity index (χ3v) is 7.32. The molecule has 0 atom stereocenters. The molecule has 1 aliphatic heterocycles. The van der Waals surface area contributed by atoms with Crippen molar-refractivity contribution in [3.8, 4) is 16.8 Å². The molecule has 3 aromatic heterocycles. The smallest absolute Gasteiger partial charge is 0.160 e. The summed E-state index contributed by atoms with van der Waals surface area (Å²) in [4.78, 5) is 20.9. The first-order valence-corrected chi connectivity index (χ1v) is 12.5. The van der Waals surface area contributed by atoms with E-state index in [0.717, 1.165) is 68.6 Å². The highest BCUT2D eigenvalue weighted by Crippen LogP contribution is 2.36. The third kappa shape index (κ3) is 4.68. The fourth-order valence-corrected chi connectivity index (χ4v) is 5.41. The summed E-state index contributed by atoms with van der Waals surface area (Å²) in [5.41, 5.74) is 5.83. The second kappa shape index (κ2) is 9.95. The zero-order chi connectivity index (χ0) is 24.4. The molecule has 8 heteroatoms. The highest BCUT2D eigenvalue weighted by Gasteiger charge is 2.27. The van der Waals surface area contributed by atoms with Gasteiger partial charge in [-0.05, 0) is 67.9 Å². The van der Waals surface area contributed by atoms with Gasteiger partial charge >= 0.3 is 0 Å². The lowest BCUT2D eigenvalue weighted by atomic mass is 10.00. The monoisotopic (exact) mass is 499 g/mol. The number of thiophene rings is 1. The van der Waals surface area contributed by atoms with Crippen LogP contribution in [0.15, 0.2) is 47.6 Å². The molecule has 4 heterocycles. The molecule has 0 saturated heterocycles. The van der Waals surface area contributed by atoms with Gasteiger partial charge in [0.05, 0.1) is 10.6 Å². The SMILES string of the molecule is Cc1c(C#Cc2ccc(CCCC=O)cn2)sc2c1C(c1ccc(Cl)cc1)=NCc1nnc(C)n1-2. The lowest BCUT2D eigenvalue weighted by Gasteiger charge is -2.09. The van der Waals surface area contributed by atoms with Gasteiger partial charge in [0.15, 0.2) is 5.82 Å². The van der Waals surface area contributed by atoms with E-state index in [1.54, 1.807) is 11.3 Å². The Morgan fingerprint density at radius 3 is 2.69 bits per heavy atom. The molecule has 0 saturated carbocycles. The van der Waals surface area contributed by atoms with Gasteiger partial charge in [0.2, 0.25) is 0 Å². The number of aliphatic imine (C=N–C) groups is 1. The summed E-state index contributed by atoms with van der Waals surface area (Å²) in [6.45, 7) is 4.48. The van der Waals surface area contributed by atoms with Gasteiger partial charge in [-0.15, -0.1) is 21.5 Å². The number of hydrogen-bond donors (Lipinski definition) is 0. The fourth-order valence-electron chi connectivity index (χ4n) is 4.06. The van der Waals surface area contributed by atoms with Gasteiger partial charge in [-0.3, -0.25) is 9.56 Å². The first kappa shape index (κ1) is 23.2. The number of fused-ring (bicyclic) bond motifs is 3. The maximum atomic E-state index is 10.5. The minimum absolute atomic E-state index is 0.448. The number of carbonyl (C=O) groups excluding carboxylic acids is 1. The van der Waals surface area contributed by atoms with Crippen molar-refractivity contribution >= 4 is 34.9 Å². The van der Waals surface area contributed by atoms with Gasteiger partial charge in [0.1, 0.15) is 29.4 Å². The molecule has 0 aliphatic carbocycles. The molecule has 4 aromatic rings. The number of aryl methyl sites for hydroxylation is 2. The predicted octanol–water partition coefficient (Wildman–Crippen LogP) is 5.27. The van der Waals surface area contributed by atoms with E-state index < -0.39 is 0 Å². The van der Waals surface area contributed by atoms with Crippen molar-refractivity contribution < 1.29 is 4.79 Å². The molecule has 0 spiro atoms. The van der Waals surface area contributed by atoms with Crippen molar-refractivity contribution in [2.75, 3.05) is 0 Å². The van der Waals surface area contributed by atoms with E-state index in [4.69, 9.17) is 16.6 Å². The minimum Gasteiger partial charge on any atom is -0.303 e. The van der Waals surface area contributed by atoms with Crippen LogP contribution in [0.5, 0.6) is 0 Å². The molecule has 0 fully saturated rings. The molecule has 0 bridgehead atoms. The Kier molecular flexibility index (Phi) is 6.58. The Bertz CT molecular complexity index is 1490. The van der Waals surface area contributed by atoms with Crippen LogP contribution >= 0.6 is 22.9 Å². The molecule has 0 unspecified atom stereocenters. The summed E-state index contributed by atoms with van der Waals surface area (Å²) in [6.07, 6.45) is 5.02. The Morgan fingerprint density at radius 1 is 1.11 bits per heavy atom. The van der Waals surface area contributed by atoms with Gasteiger partial charge in [0, 0.05) is 28.8 Å². The molecule has 1 aliphatic rings. The molecular formula is C27H22ClN5OS. The Hall–Kier alpha value is -3.60. The molecule has 174 valence electrons. The molecule has 35 heavy (non-hydrogen) atoms. The first-order chi connectivity index (χ1) is 17.0. The van der Waals surface area contributed by atoms with Gasteiger partial charge in [-0.1, -0.05) is 29.8 Å². The maximum Gasteiger partial charge on any atom is 0.160 e. The second-order valence-electron chi connectivity index (χ2n) is 8.27. The van der Waals surface area contributed by atoms with E-state index >= 15 is 0 Å². The molecule has 5 rings (SSSR count). The topological polar surface area (TPSA) is 73.0 Å². The number of unbranched alkanes of at least 4 members (excludes halogenated alkanes) is 1. The number of rotatable bonds is 5. The predicted molar refractivity (Wildman–Crippen MR) is 139 cm³/mol. The quantitative estimate of drug-likeness (QED) is 0.213. The van der Waals surface area contributed by atoms with E-state index in [1.165, 1.54) is 0 Å². The zero-order valence-corrected chi connectivity index (χ0v) is 21.0. The summed E-state index contributed by atoms with van der Waals surface area (Å²) in [5.74, 6) is 8.17.